The van der Waals surface area contributed by atoms with Gasteiger partial charge in [-0.2, -0.15) is 0 Å². The van der Waals surface area contributed by atoms with E-state index in [-0.39, 0.29) is 11.8 Å². The third-order valence-corrected chi connectivity index (χ3v) is 5.29. The predicted molar refractivity (Wildman–Crippen MR) is 60.3 cm³/mol. The highest BCUT2D eigenvalue weighted by Gasteiger charge is 2.37. The van der Waals surface area contributed by atoms with Crippen LogP contribution in [0.15, 0.2) is 24.3 Å². The first-order valence-electron chi connectivity index (χ1n) is 5.11. The maximum Gasteiger partial charge on any atom is 0.155 e. The Kier molecular flexibility index (Phi) is 2.56. The Balaban J connectivity index is 2.40. The third kappa shape index (κ3) is 1.68. The summed E-state index contributed by atoms with van der Waals surface area (Å²) in [6, 6.07) is 7.35. The van der Waals surface area contributed by atoms with Crippen LogP contribution in [0.1, 0.15) is 24.1 Å². The van der Waals surface area contributed by atoms with Crippen molar-refractivity contribution in [3.05, 3.63) is 35.4 Å². The molecule has 2 atom stereocenters. The number of hydrogen-bond acceptors (Lipinski definition) is 3. The quantitative estimate of drug-likeness (QED) is 0.818. The van der Waals surface area contributed by atoms with E-state index in [1.54, 1.807) is 6.92 Å². The molecule has 0 fully saturated rings. The second-order valence-corrected chi connectivity index (χ2v) is 6.43. The van der Waals surface area contributed by atoms with E-state index in [1.165, 1.54) is 0 Å². The molecule has 0 radical (unpaired) electrons. The molecule has 1 aromatic carbocycles. The zero-order valence-corrected chi connectivity index (χ0v) is 9.50. The number of hydrogen-bond donors (Lipinski definition) is 1. The Morgan fingerprint density at radius 3 is 2.67 bits per heavy atom. The molecule has 0 aliphatic heterocycles. The fourth-order valence-electron chi connectivity index (χ4n) is 2.15. The van der Waals surface area contributed by atoms with Gasteiger partial charge in [0, 0.05) is 11.8 Å². The van der Waals surface area contributed by atoms with Crippen LogP contribution in [0, 0.1) is 0 Å². The zero-order valence-electron chi connectivity index (χ0n) is 8.68. The SMILES string of the molecule is CCS(=O)(=O)C1Cc2ccccc2C1N. The van der Waals surface area contributed by atoms with Crippen molar-refractivity contribution in [3.8, 4) is 0 Å². The summed E-state index contributed by atoms with van der Waals surface area (Å²) < 4.78 is 23.6. The first-order chi connectivity index (χ1) is 7.06. The van der Waals surface area contributed by atoms with E-state index in [9.17, 15) is 8.42 Å². The van der Waals surface area contributed by atoms with Crippen molar-refractivity contribution >= 4 is 9.84 Å². The molecular formula is C11H15NO2S. The third-order valence-electron chi connectivity index (χ3n) is 3.10. The van der Waals surface area contributed by atoms with Crippen molar-refractivity contribution in [1.29, 1.82) is 0 Å². The number of benzene rings is 1. The Morgan fingerprint density at radius 1 is 1.40 bits per heavy atom. The first kappa shape index (κ1) is 10.6. The lowest BCUT2D eigenvalue weighted by molar-refractivity contribution is 0.566. The molecular weight excluding hydrogens is 210 g/mol. The van der Waals surface area contributed by atoms with Gasteiger partial charge in [-0.25, -0.2) is 8.42 Å². The Bertz CT molecular complexity index is 467. The predicted octanol–water partition coefficient (Wildman–Crippen LogP) is 1.05. The molecule has 0 aromatic heterocycles. The van der Waals surface area contributed by atoms with E-state index in [4.69, 9.17) is 5.73 Å². The molecule has 15 heavy (non-hydrogen) atoms. The highest BCUT2D eigenvalue weighted by atomic mass is 32.2. The van der Waals surface area contributed by atoms with Gasteiger partial charge in [0.15, 0.2) is 9.84 Å². The van der Waals surface area contributed by atoms with E-state index >= 15 is 0 Å². The van der Waals surface area contributed by atoms with Crippen molar-refractivity contribution in [1.82, 2.24) is 0 Å². The highest BCUT2D eigenvalue weighted by Crippen LogP contribution is 2.33. The standard InChI is InChI=1S/C11H15NO2S/c1-2-15(13,14)10-7-8-5-3-4-6-9(8)11(10)12/h3-6,10-11H,2,7,12H2,1H3. The average Bonchev–Trinajstić information content (AvgIpc) is 2.58. The lowest BCUT2D eigenvalue weighted by Crippen LogP contribution is -2.31. The monoisotopic (exact) mass is 225 g/mol. The summed E-state index contributed by atoms with van der Waals surface area (Å²) in [7, 11) is -3.04. The van der Waals surface area contributed by atoms with Gasteiger partial charge in [-0.3, -0.25) is 0 Å². The van der Waals surface area contributed by atoms with Crippen molar-refractivity contribution < 1.29 is 8.42 Å². The zero-order chi connectivity index (χ0) is 11.1. The molecule has 82 valence electrons. The molecule has 2 N–H and O–H groups in total. The largest absolute Gasteiger partial charge is 0.323 e. The summed E-state index contributed by atoms with van der Waals surface area (Å²) in [5, 5.41) is -0.431. The van der Waals surface area contributed by atoms with Crippen LogP contribution in [0.5, 0.6) is 0 Å². The van der Waals surface area contributed by atoms with Crippen LogP contribution < -0.4 is 5.73 Å². The molecule has 3 nitrogen and oxygen atoms in total. The van der Waals surface area contributed by atoms with Crippen LogP contribution >= 0.6 is 0 Å². The minimum Gasteiger partial charge on any atom is -0.323 e. The maximum absolute atomic E-state index is 11.8. The van der Waals surface area contributed by atoms with E-state index in [2.05, 4.69) is 0 Å². The summed E-state index contributed by atoms with van der Waals surface area (Å²) >= 11 is 0. The number of sulfone groups is 1. The summed E-state index contributed by atoms with van der Waals surface area (Å²) in [6.07, 6.45) is 0.563. The minimum atomic E-state index is -3.04. The molecule has 0 bridgehead atoms. The van der Waals surface area contributed by atoms with Crippen LogP contribution in [-0.4, -0.2) is 19.4 Å². The van der Waals surface area contributed by atoms with Gasteiger partial charge >= 0.3 is 0 Å². The number of rotatable bonds is 2. The van der Waals surface area contributed by atoms with Crippen LogP contribution in [0.25, 0.3) is 0 Å². The summed E-state index contributed by atoms with van der Waals surface area (Å²) in [5.41, 5.74) is 8.03. The van der Waals surface area contributed by atoms with Crippen molar-refractivity contribution in [3.63, 3.8) is 0 Å². The average molecular weight is 225 g/mol. The molecule has 0 spiro atoms. The van der Waals surface area contributed by atoms with Crippen LogP contribution in [0.2, 0.25) is 0 Å². The minimum absolute atomic E-state index is 0.166. The fourth-order valence-corrected chi connectivity index (χ4v) is 3.61. The molecule has 0 heterocycles. The Labute approximate surface area is 90.2 Å². The van der Waals surface area contributed by atoms with Crippen LogP contribution in [0.4, 0.5) is 0 Å². The smallest absolute Gasteiger partial charge is 0.155 e. The Morgan fingerprint density at radius 2 is 2.07 bits per heavy atom. The van der Waals surface area contributed by atoms with E-state index in [1.807, 2.05) is 24.3 Å². The summed E-state index contributed by atoms with van der Waals surface area (Å²) in [5.74, 6) is 0.166. The summed E-state index contributed by atoms with van der Waals surface area (Å²) in [4.78, 5) is 0. The molecule has 4 heteroatoms. The first-order valence-corrected chi connectivity index (χ1v) is 6.82. The molecule has 1 aliphatic rings. The second kappa shape index (κ2) is 3.61. The van der Waals surface area contributed by atoms with Gasteiger partial charge in [-0.05, 0) is 17.5 Å². The summed E-state index contributed by atoms with van der Waals surface area (Å²) in [6.45, 7) is 1.67. The van der Waals surface area contributed by atoms with E-state index in [0.29, 0.717) is 6.42 Å². The molecule has 2 unspecified atom stereocenters. The number of nitrogens with two attached hydrogens (primary N) is 1. The van der Waals surface area contributed by atoms with Gasteiger partial charge < -0.3 is 5.73 Å². The highest BCUT2D eigenvalue weighted by molar-refractivity contribution is 7.92. The number of fused-ring (bicyclic) bond motifs is 1. The molecule has 1 aliphatic carbocycles. The van der Waals surface area contributed by atoms with Gasteiger partial charge in [0.2, 0.25) is 0 Å². The fraction of sp³-hybridized carbons (Fsp3) is 0.455. The van der Waals surface area contributed by atoms with Crippen molar-refractivity contribution in [2.24, 2.45) is 5.73 Å². The molecule has 0 saturated heterocycles. The second-order valence-electron chi connectivity index (χ2n) is 3.92. The van der Waals surface area contributed by atoms with Gasteiger partial charge in [0.1, 0.15) is 0 Å². The normalized spacial score (nSPS) is 25.2. The molecule has 2 rings (SSSR count). The van der Waals surface area contributed by atoms with Gasteiger partial charge in [0.25, 0.3) is 0 Å². The van der Waals surface area contributed by atoms with Crippen LogP contribution in [0.3, 0.4) is 0 Å². The van der Waals surface area contributed by atoms with E-state index in [0.717, 1.165) is 11.1 Å². The molecule has 0 saturated carbocycles. The van der Waals surface area contributed by atoms with Gasteiger partial charge in [-0.15, -0.1) is 0 Å². The lowest BCUT2D eigenvalue weighted by Gasteiger charge is -2.15. The van der Waals surface area contributed by atoms with Crippen molar-refractivity contribution in [2.75, 3.05) is 5.75 Å². The topological polar surface area (TPSA) is 60.2 Å². The van der Waals surface area contributed by atoms with E-state index < -0.39 is 15.1 Å². The lowest BCUT2D eigenvalue weighted by atomic mass is 10.1. The Hall–Kier alpha value is -0.870. The van der Waals surface area contributed by atoms with Gasteiger partial charge in [0.05, 0.1) is 5.25 Å². The van der Waals surface area contributed by atoms with Gasteiger partial charge in [-0.1, -0.05) is 31.2 Å². The maximum atomic E-state index is 11.8. The molecule has 1 aromatic rings. The van der Waals surface area contributed by atoms with Crippen LogP contribution in [-0.2, 0) is 16.3 Å². The molecule has 0 amide bonds. The van der Waals surface area contributed by atoms with Crippen molar-refractivity contribution in [2.45, 2.75) is 24.6 Å².